The van der Waals surface area contributed by atoms with Gasteiger partial charge in [0.25, 0.3) is 0 Å². The third kappa shape index (κ3) is 3.46. The molecule has 1 aromatic carbocycles. The topological polar surface area (TPSA) is 44.5 Å². The van der Waals surface area contributed by atoms with E-state index < -0.39 is 0 Å². The minimum absolute atomic E-state index is 0.110. The lowest BCUT2D eigenvalue weighted by Gasteiger charge is -2.23. The van der Waals surface area contributed by atoms with Crippen LogP contribution < -0.4 is 10.5 Å². The summed E-state index contributed by atoms with van der Waals surface area (Å²) in [5.41, 5.74) is 5.59. The minimum atomic E-state index is -0.375. The zero-order valence-corrected chi connectivity index (χ0v) is 10.1. The SMILES string of the molecule is NCC#Cc1ccc(OC2CCOCC2)cc1F. The lowest BCUT2D eigenvalue weighted by molar-refractivity contribution is 0.0254. The summed E-state index contributed by atoms with van der Waals surface area (Å²) in [7, 11) is 0. The van der Waals surface area contributed by atoms with Crippen LogP contribution in [0.3, 0.4) is 0 Å². The van der Waals surface area contributed by atoms with E-state index in [-0.39, 0.29) is 18.5 Å². The first-order chi connectivity index (χ1) is 8.79. The van der Waals surface area contributed by atoms with Crippen LogP contribution in [0.15, 0.2) is 18.2 Å². The summed E-state index contributed by atoms with van der Waals surface area (Å²) in [4.78, 5) is 0. The van der Waals surface area contributed by atoms with Crippen molar-refractivity contribution in [3.63, 3.8) is 0 Å². The van der Waals surface area contributed by atoms with E-state index >= 15 is 0 Å². The van der Waals surface area contributed by atoms with E-state index in [0.29, 0.717) is 24.5 Å². The Morgan fingerprint density at radius 1 is 1.39 bits per heavy atom. The molecule has 0 aromatic heterocycles. The number of hydrogen-bond acceptors (Lipinski definition) is 3. The molecule has 1 aliphatic rings. The van der Waals surface area contributed by atoms with Gasteiger partial charge in [-0.3, -0.25) is 0 Å². The molecule has 0 radical (unpaired) electrons. The Balaban J connectivity index is 2.03. The Hall–Kier alpha value is -1.57. The predicted octanol–water partition coefficient (Wildman–Crippen LogP) is 1.69. The molecular weight excluding hydrogens is 233 g/mol. The smallest absolute Gasteiger partial charge is 0.142 e. The lowest BCUT2D eigenvalue weighted by Crippen LogP contribution is -2.25. The van der Waals surface area contributed by atoms with Crippen molar-refractivity contribution < 1.29 is 13.9 Å². The van der Waals surface area contributed by atoms with Crippen LogP contribution in [0.4, 0.5) is 4.39 Å². The molecular formula is C14H16FNO2. The van der Waals surface area contributed by atoms with E-state index in [4.69, 9.17) is 15.2 Å². The largest absolute Gasteiger partial charge is 0.490 e. The number of nitrogens with two attached hydrogens (primary N) is 1. The lowest BCUT2D eigenvalue weighted by atomic mass is 10.1. The van der Waals surface area contributed by atoms with Crippen molar-refractivity contribution in [2.45, 2.75) is 18.9 Å². The van der Waals surface area contributed by atoms with Crippen molar-refractivity contribution in [2.24, 2.45) is 5.73 Å². The Bertz CT molecular complexity index is 459. The average Bonchev–Trinajstić information content (AvgIpc) is 2.39. The van der Waals surface area contributed by atoms with Gasteiger partial charge in [0.1, 0.15) is 17.7 Å². The zero-order valence-electron chi connectivity index (χ0n) is 10.1. The second kappa shape index (κ2) is 6.39. The molecule has 1 aliphatic heterocycles. The van der Waals surface area contributed by atoms with E-state index in [9.17, 15) is 4.39 Å². The van der Waals surface area contributed by atoms with Crippen molar-refractivity contribution >= 4 is 0 Å². The van der Waals surface area contributed by atoms with Crippen LogP contribution in [0.2, 0.25) is 0 Å². The second-order valence-corrected chi connectivity index (χ2v) is 4.08. The van der Waals surface area contributed by atoms with Gasteiger partial charge < -0.3 is 15.2 Å². The van der Waals surface area contributed by atoms with Gasteiger partial charge in [-0.05, 0) is 12.1 Å². The van der Waals surface area contributed by atoms with Crippen LogP contribution in [0.1, 0.15) is 18.4 Å². The molecule has 2 N–H and O–H groups in total. The second-order valence-electron chi connectivity index (χ2n) is 4.08. The molecule has 3 nitrogen and oxygen atoms in total. The summed E-state index contributed by atoms with van der Waals surface area (Å²) in [6.07, 6.45) is 1.80. The van der Waals surface area contributed by atoms with E-state index in [1.807, 2.05) is 0 Å². The molecule has 0 atom stereocenters. The molecule has 1 aromatic rings. The normalized spacial score (nSPS) is 15.9. The summed E-state index contributed by atoms with van der Waals surface area (Å²) >= 11 is 0. The monoisotopic (exact) mass is 249 g/mol. The standard InChI is InChI=1S/C14H16FNO2/c15-14-10-13(4-3-11(14)2-1-7-16)18-12-5-8-17-9-6-12/h3-4,10,12H,5-9,16H2. The highest BCUT2D eigenvalue weighted by Gasteiger charge is 2.15. The fraction of sp³-hybridized carbons (Fsp3) is 0.429. The van der Waals surface area contributed by atoms with Gasteiger partial charge in [-0.1, -0.05) is 11.8 Å². The Labute approximate surface area is 106 Å². The molecule has 0 bridgehead atoms. The average molecular weight is 249 g/mol. The van der Waals surface area contributed by atoms with Gasteiger partial charge >= 0.3 is 0 Å². The van der Waals surface area contributed by atoms with Crippen molar-refractivity contribution in [3.8, 4) is 17.6 Å². The van der Waals surface area contributed by atoms with Crippen LogP contribution in [-0.4, -0.2) is 25.9 Å². The number of hydrogen-bond donors (Lipinski definition) is 1. The van der Waals surface area contributed by atoms with Crippen LogP contribution in [-0.2, 0) is 4.74 Å². The Kier molecular flexibility index (Phi) is 4.57. The quantitative estimate of drug-likeness (QED) is 0.811. The van der Waals surface area contributed by atoms with Crippen molar-refractivity contribution in [2.75, 3.05) is 19.8 Å². The highest BCUT2D eigenvalue weighted by molar-refractivity contribution is 5.39. The molecule has 96 valence electrons. The summed E-state index contributed by atoms with van der Waals surface area (Å²) in [6, 6.07) is 4.72. The maximum Gasteiger partial charge on any atom is 0.142 e. The molecule has 0 saturated carbocycles. The molecule has 4 heteroatoms. The number of ether oxygens (including phenoxy) is 2. The minimum Gasteiger partial charge on any atom is -0.490 e. The molecule has 18 heavy (non-hydrogen) atoms. The fourth-order valence-electron chi connectivity index (χ4n) is 1.80. The van der Waals surface area contributed by atoms with Gasteiger partial charge in [-0.15, -0.1) is 0 Å². The first kappa shape index (κ1) is 12.9. The van der Waals surface area contributed by atoms with Crippen LogP contribution in [0.25, 0.3) is 0 Å². The zero-order chi connectivity index (χ0) is 12.8. The maximum atomic E-state index is 13.7. The van der Waals surface area contributed by atoms with Crippen molar-refractivity contribution in [1.29, 1.82) is 0 Å². The first-order valence-electron chi connectivity index (χ1n) is 6.02. The summed E-state index contributed by atoms with van der Waals surface area (Å²) in [6.45, 7) is 1.63. The Morgan fingerprint density at radius 3 is 2.83 bits per heavy atom. The van der Waals surface area contributed by atoms with E-state index in [0.717, 1.165) is 12.8 Å². The van der Waals surface area contributed by atoms with Gasteiger partial charge in [0.05, 0.1) is 25.3 Å². The molecule has 0 unspecified atom stereocenters. The maximum absolute atomic E-state index is 13.7. The van der Waals surface area contributed by atoms with Crippen LogP contribution in [0, 0.1) is 17.7 Å². The molecule has 1 fully saturated rings. The van der Waals surface area contributed by atoms with E-state index in [1.165, 1.54) is 6.07 Å². The van der Waals surface area contributed by atoms with Gasteiger partial charge in [-0.2, -0.15) is 0 Å². The molecule has 0 amide bonds. The first-order valence-corrected chi connectivity index (χ1v) is 6.02. The molecule has 2 rings (SSSR count). The number of benzene rings is 1. The number of rotatable bonds is 2. The fourth-order valence-corrected chi connectivity index (χ4v) is 1.80. The predicted molar refractivity (Wildman–Crippen MR) is 66.8 cm³/mol. The van der Waals surface area contributed by atoms with Gasteiger partial charge in [0, 0.05) is 18.9 Å². The van der Waals surface area contributed by atoms with Crippen LogP contribution >= 0.6 is 0 Å². The van der Waals surface area contributed by atoms with Crippen molar-refractivity contribution in [3.05, 3.63) is 29.6 Å². The van der Waals surface area contributed by atoms with Crippen molar-refractivity contribution in [1.82, 2.24) is 0 Å². The summed E-state index contributed by atoms with van der Waals surface area (Å²) in [5, 5.41) is 0. The molecule has 0 spiro atoms. The number of halogens is 1. The van der Waals surface area contributed by atoms with Gasteiger partial charge in [-0.25, -0.2) is 4.39 Å². The highest BCUT2D eigenvalue weighted by atomic mass is 19.1. The third-order valence-corrected chi connectivity index (χ3v) is 2.74. The molecule has 1 heterocycles. The molecule has 0 aliphatic carbocycles. The molecule has 1 saturated heterocycles. The van der Waals surface area contributed by atoms with Crippen LogP contribution in [0.5, 0.6) is 5.75 Å². The third-order valence-electron chi connectivity index (χ3n) is 2.74. The van der Waals surface area contributed by atoms with E-state index in [2.05, 4.69) is 11.8 Å². The van der Waals surface area contributed by atoms with Gasteiger partial charge in [0.2, 0.25) is 0 Å². The highest BCUT2D eigenvalue weighted by Crippen LogP contribution is 2.20. The Morgan fingerprint density at radius 2 is 2.17 bits per heavy atom. The van der Waals surface area contributed by atoms with Gasteiger partial charge in [0.15, 0.2) is 0 Å². The van der Waals surface area contributed by atoms with E-state index in [1.54, 1.807) is 12.1 Å². The summed E-state index contributed by atoms with van der Waals surface area (Å²) in [5.74, 6) is 5.47. The summed E-state index contributed by atoms with van der Waals surface area (Å²) < 4.78 is 24.6.